The number of hydrogen-bond acceptors (Lipinski definition) is 6. The van der Waals surface area contributed by atoms with Gasteiger partial charge in [0, 0.05) is 23.5 Å². The summed E-state index contributed by atoms with van der Waals surface area (Å²) in [4.78, 5) is 8.40. The summed E-state index contributed by atoms with van der Waals surface area (Å²) in [6.07, 6.45) is 1.47. The van der Waals surface area contributed by atoms with Crippen LogP contribution < -0.4 is 14.8 Å². The minimum absolute atomic E-state index is 0.554. The van der Waals surface area contributed by atoms with Gasteiger partial charge in [-0.2, -0.15) is 14.6 Å². The maximum Gasteiger partial charge on any atom is 0.254 e. The average Bonchev–Trinajstić information content (AvgIpc) is 2.95. The summed E-state index contributed by atoms with van der Waals surface area (Å²) in [5, 5.41) is 7.44. The number of methoxy groups -OCH3 is 2. The van der Waals surface area contributed by atoms with E-state index in [0.29, 0.717) is 17.3 Å². The fourth-order valence-corrected chi connectivity index (χ4v) is 2.08. The molecular formula is C14H15N5O2. The van der Waals surface area contributed by atoms with Gasteiger partial charge >= 0.3 is 0 Å². The highest BCUT2D eigenvalue weighted by Gasteiger charge is 2.08. The third-order valence-electron chi connectivity index (χ3n) is 3.04. The van der Waals surface area contributed by atoms with E-state index < -0.39 is 0 Å². The Morgan fingerprint density at radius 2 is 1.90 bits per heavy atom. The maximum absolute atomic E-state index is 5.30. The topological polar surface area (TPSA) is 73.6 Å². The van der Waals surface area contributed by atoms with Gasteiger partial charge in [-0.1, -0.05) is 0 Å². The number of anilines is 2. The first-order chi connectivity index (χ1) is 10.2. The Balaban J connectivity index is 2.00. The van der Waals surface area contributed by atoms with E-state index in [-0.39, 0.29) is 0 Å². The molecule has 0 saturated heterocycles. The lowest BCUT2D eigenvalue weighted by Gasteiger charge is -2.12. The number of aromatic nitrogens is 4. The SMILES string of the molecule is COc1ccc(Nc2cc(C)nc3ncnn23)cc1OC. The molecule has 7 nitrogen and oxygen atoms in total. The van der Waals surface area contributed by atoms with Crippen molar-refractivity contribution in [2.45, 2.75) is 6.92 Å². The molecule has 0 aliphatic rings. The number of ether oxygens (including phenoxy) is 2. The van der Waals surface area contributed by atoms with Gasteiger partial charge in [0.2, 0.25) is 0 Å². The predicted molar refractivity (Wildman–Crippen MR) is 78.3 cm³/mol. The van der Waals surface area contributed by atoms with Crippen molar-refractivity contribution in [3.05, 3.63) is 36.3 Å². The number of nitrogens with one attached hydrogen (secondary N) is 1. The summed E-state index contributed by atoms with van der Waals surface area (Å²) in [5.74, 6) is 2.67. The second-order valence-electron chi connectivity index (χ2n) is 4.45. The van der Waals surface area contributed by atoms with Gasteiger partial charge in [-0.3, -0.25) is 0 Å². The van der Waals surface area contributed by atoms with Crippen LogP contribution in [0.25, 0.3) is 5.78 Å². The molecule has 0 radical (unpaired) electrons. The number of fused-ring (bicyclic) bond motifs is 1. The first-order valence-corrected chi connectivity index (χ1v) is 6.37. The quantitative estimate of drug-likeness (QED) is 0.792. The largest absolute Gasteiger partial charge is 0.493 e. The Labute approximate surface area is 121 Å². The van der Waals surface area contributed by atoms with Crippen LogP contribution in [0.15, 0.2) is 30.6 Å². The highest BCUT2D eigenvalue weighted by molar-refractivity contribution is 5.62. The highest BCUT2D eigenvalue weighted by Crippen LogP contribution is 2.31. The van der Waals surface area contributed by atoms with Crippen LogP contribution in [0, 0.1) is 6.92 Å². The van der Waals surface area contributed by atoms with Gasteiger partial charge in [0.05, 0.1) is 14.2 Å². The van der Waals surface area contributed by atoms with E-state index >= 15 is 0 Å². The molecule has 1 N–H and O–H groups in total. The summed E-state index contributed by atoms with van der Waals surface area (Å²) < 4.78 is 12.2. The van der Waals surface area contributed by atoms with E-state index in [0.717, 1.165) is 17.2 Å². The molecule has 0 atom stereocenters. The van der Waals surface area contributed by atoms with Crippen LogP contribution in [-0.4, -0.2) is 33.8 Å². The molecule has 2 heterocycles. The fourth-order valence-electron chi connectivity index (χ4n) is 2.08. The molecule has 0 fully saturated rings. The second-order valence-corrected chi connectivity index (χ2v) is 4.45. The molecule has 3 rings (SSSR count). The molecule has 0 unspecified atom stereocenters. The number of aryl methyl sites for hydroxylation is 1. The van der Waals surface area contributed by atoms with Gasteiger partial charge in [-0.05, 0) is 19.1 Å². The van der Waals surface area contributed by atoms with E-state index in [1.807, 2.05) is 31.2 Å². The van der Waals surface area contributed by atoms with Crippen LogP contribution in [0.3, 0.4) is 0 Å². The van der Waals surface area contributed by atoms with Crippen molar-refractivity contribution in [1.82, 2.24) is 19.6 Å². The lowest BCUT2D eigenvalue weighted by molar-refractivity contribution is 0.355. The van der Waals surface area contributed by atoms with Crippen molar-refractivity contribution in [3.63, 3.8) is 0 Å². The summed E-state index contributed by atoms with van der Waals surface area (Å²) in [6.45, 7) is 1.91. The van der Waals surface area contributed by atoms with Crippen molar-refractivity contribution in [2.24, 2.45) is 0 Å². The van der Waals surface area contributed by atoms with Crippen LogP contribution >= 0.6 is 0 Å². The zero-order chi connectivity index (χ0) is 14.8. The predicted octanol–water partition coefficient (Wildman–Crippen LogP) is 2.19. The molecule has 0 amide bonds. The molecule has 21 heavy (non-hydrogen) atoms. The van der Waals surface area contributed by atoms with Crippen molar-refractivity contribution >= 4 is 17.3 Å². The zero-order valence-electron chi connectivity index (χ0n) is 12.0. The monoisotopic (exact) mass is 285 g/mol. The Morgan fingerprint density at radius 3 is 2.67 bits per heavy atom. The summed E-state index contributed by atoms with van der Waals surface area (Å²) in [6, 6.07) is 7.50. The Kier molecular flexibility index (Phi) is 3.31. The van der Waals surface area contributed by atoms with Crippen LogP contribution in [0.2, 0.25) is 0 Å². The average molecular weight is 285 g/mol. The Bertz CT molecular complexity index is 784. The lowest BCUT2D eigenvalue weighted by Crippen LogP contribution is -2.03. The second kappa shape index (κ2) is 5.28. The third kappa shape index (κ3) is 2.45. The first-order valence-electron chi connectivity index (χ1n) is 6.37. The highest BCUT2D eigenvalue weighted by atomic mass is 16.5. The van der Waals surface area contributed by atoms with E-state index in [9.17, 15) is 0 Å². The minimum Gasteiger partial charge on any atom is -0.493 e. The van der Waals surface area contributed by atoms with Gasteiger partial charge < -0.3 is 14.8 Å². The summed E-state index contributed by atoms with van der Waals surface area (Å²) in [7, 11) is 3.21. The minimum atomic E-state index is 0.554. The molecule has 0 aliphatic carbocycles. The van der Waals surface area contributed by atoms with Crippen molar-refractivity contribution < 1.29 is 9.47 Å². The number of rotatable bonds is 4. The van der Waals surface area contributed by atoms with Crippen LogP contribution in [0.4, 0.5) is 11.5 Å². The van der Waals surface area contributed by atoms with E-state index in [4.69, 9.17) is 9.47 Å². The smallest absolute Gasteiger partial charge is 0.254 e. The lowest BCUT2D eigenvalue weighted by atomic mass is 10.2. The standard InChI is InChI=1S/C14H15N5O2/c1-9-6-13(19-14(17-9)15-8-16-19)18-10-4-5-11(20-2)12(7-10)21-3/h4-8,18H,1-3H3. The van der Waals surface area contributed by atoms with Crippen LogP contribution in [0.5, 0.6) is 11.5 Å². The van der Waals surface area contributed by atoms with Crippen molar-refractivity contribution in [1.29, 1.82) is 0 Å². The van der Waals surface area contributed by atoms with Crippen LogP contribution in [0.1, 0.15) is 5.69 Å². The van der Waals surface area contributed by atoms with Gasteiger partial charge in [0.25, 0.3) is 5.78 Å². The number of benzene rings is 1. The first kappa shape index (κ1) is 13.2. The summed E-state index contributed by atoms with van der Waals surface area (Å²) in [5.41, 5.74) is 1.72. The Hall–Kier alpha value is -2.83. The number of hydrogen-bond donors (Lipinski definition) is 1. The van der Waals surface area contributed by atoms with Gasteiger partial charge in [0.1, 0.15) is 12.1 Å². The van der Waals surface area contributed by atoms with E-state index in [1.54, 1.807) is 18.7 Å². The van der Waals surface area contributed by atoms with Gasteiger partial charge in [-0.15, -0.1) is 0 Å². The number of nitrogens with zero attached hydrogens (tertiary/aromatic N) is 4. The van der Waals surface area contributed by atoms with Gasteiger partial charge in [0.15, 0.2) is 11.5 Å². The molecule has 3 aromatic rings. The van der Waals surface area contributed by atoms with Gasteiger partial charge in [-0.25, -0.2) is 4.98 Å². The molecule has 0 saturated carbocycles. The fraction of sp³-hybridized carbons (Fsp3) is 0.214. The molecule has 2 aromatic heterocycles. The molecule has 0 bridgehead atoms. The maximum atomic E-state index is 5.30. The molecule has 0 spiro atoms. The van der Waals surface area contributed by atoms with Crippen molar-refractivity contribution in [2.75, 3.05) is 19.5 Å². The molecule has 108 valence electrons. The molecule has 7 heteroatoms. The zero-order valence-corrected chi connectivity index (χ0v) is 12.0. The van der Waals surface area contributed by atoms with E-state index in [1.165, 1.54) is 6.33 Å². The molecular weight excluding hydrogens is 270 g/mol. The normalized spacial score (nSPS) is 10.6. The molecule has 0 aliphatic heterocycles. The van der Waals surface area contributed by atoms with E-state index in [2.05, 4.69) is 20.4 Å². The Morgan fingerprint density at radius 1 is 1.10 bits per heavy atom. The molecule has 1 aromatic carbocycles. The third-order valence-corrected chi connectivity index (χ3v) is 3.04. The van der Waals surface area contributed by atoms with Crippen molar-refractivity contribution in [3.8, 4) is 11.5 Å². The summed E-state index contributed by atoms with van der Waals surface area (Å²) >= 11 is 0. The van der Waals surface area contributed by atoms with Crippen LogP contribution in [-0.2, 0) is 0 Å².